The molecule has 1 aromatic carbocycles. The van der Waals surface area contributed by atoms with E-state index in [-0.39, 0.29) is 11.4 Å². The molecule has 0 saturated carbocycles. The number of hydrogen-bond acceptors (Lipinski definition) is 5. The van der Waals surface area contributed by atoms with Crippen molar-refractivity contribution < 1.29 is 19.4 Å². The number of nitrogens with one attached hydrogen (secondary N) is 1. The molecule has 0 spiro atoms. The van der Waals surface area contributed by atoms with Gasteiger partial charge < -0.3 is 15.2 Å². The molecular weight excluding hydrogens is 314 g/mol. The molecule has 0 aliphatic carbocycles. The monoisotopic (exact) mass is 329 g/mol. The van der Waals surface area contributed by atoms with Crippen molar-refractivity contribution in [3.63, 3.8) is 0 Å². The lowest BCUT2D eigenvalue weighted by atomic mass is 9.96. The molecule has 3 rings (SSSR count). The SMILES string of the molecule is CCOc1ccc(C2NC(=O)C(O)=C2C(=O)c2cccs2)cc1. The van der Waals surface area contributed by atoms with E-state index in [1.54, 1.807) is 41.8 Å². The van der Waals surface area contributed by atoms with Crippen LogP contribution in [-0.2, 0) is 4.79 Å². The molecule has 23 heavy (non-hydrogen) atoms. The van der Waals surface area contributed by atoms with Crippen molar-refractivity contribution in [3.8, 4) is 5.75 Å². The molecule has 1 atom stereocenters. The van der Waals surface area contributed by atoms with E-state index in [0.29, 0.717) is 22.8 Å². The molecule has 0 bridgehead atoms. The fourth-order valence-electron chi connectivity index (χ4n) is 2.48. The van der Waals surface area contributed by atoms with E-state index in [9.17, 15) is 14.7 Å². The molecule has 118 valence electrons. The molecule has 1 unspecified atom stereocenters. The van der Waals surface area contributed by atoms with Gasteiger partial charge in [-0.2, -0.15) is 0 Å². The summed E-state index contributed by atoms with van der Waals surface area (Å²) in [5, 5.41) is 14.4. The first kappa shape index (κ1) is 15.3. The van der Waals surface area contributed by atoms with Crippen LogP contribution in [0, 0.1) is 0 Å². The lowest BCUT2D eigenvalue weighted by Gasteiger charge is -2.14. The summed E-state index contributed by atoms with van der Waals surface area (Å²) in [6.45, 7) is 2.45. The van der Waals surface area contributed by atoms with E-state index < -0.39 is 17.7 Å². The molecule has 2 aromatic rings. The van der Waals surface area contributed by atoms with Crippen molar-refractivity contribution in [2.24, 2.45) is 0 Å². The number of aliphatic hydroxyl groups excluding tert-OH is 1. The van der Waals surface area contributed by atoms with E-state index in [4.69, 9.17) is 4.74 Å². The summed E-state index contributed by atoms with van der Waals surface area (Å²) < 4.78 is 5.38. The number of rotatable bonds is 5. The number of Topliss-reactive ketones (excluding diaryl/α,β-unsaturated/α-hetero) is 1. The van der Waals surface area contributed by atoms with Crippen molar-refractivity contribution in [2.75, 3.05) is 6.61 Å². The van der Waals surface area contributed by atoms with E-state index in [0.717, 1.165) is 0 Å². The molecule has 2 heterocycles. The molecule has 5 nitrogen and oxygen atoms in total. The van der Waals surface area contributed by atoms with Crippen LogP contribution in [0.3, 0.4) is 0 Å². The Bertz CT molecular complexity index is 762. The Kier molecular flexibility index (Phi) is 4.16. The minimum Gasteiger partial charge on any atom is -0.503 e. The van der Waals surface area contributed by atoms with Gasteiger partial charge in [0, 0.05) is 0 Å². The third-order valence-electron chi connectivity index (χ3n) is 3.55. The van der Waals surface area contributed by atoms with Crippen molar-refractivity contribution in [1.82, 2.24) is 5.32 Å². The average Bonchev–Trinajstić information content (AvgIpc) is 3.18. The standard InChI is InChI=1S/C17H15NO4S/c1-2-22-11-7-5-10(6-8-11)14-13(16(20)17(21)18-14)15(19)12-4-3-9-23-12/h3-9,14,20H,2H2,1H3,(H,18,21). The van der Waals surface area contributed by atoms with Crippen LogP contribution in [0.4, 0.5) is 0 Å². The predicted octanol–water partition coefficient (Wildman–Crippen LogP) is 3.01. The summed E-state index contributed by atoms with van der Waals surface area (Å²) in [6.07, 6.45) is 0. The van der Waals surface area contributed by atoms with Crippen LogP contribution in [0.2, 0.25) is 0 Å². The number of ketones is 1. The third kappa shape index (κ3) is 2.85. The zero-order chi connectivity index (χ0) is 16.4. The summed E-state index contributed by atoms with van der Waals surface area (Å²) in [6, 6.07) is 9.86. The Hall–Kier alpha value is -2.60. The highest BCUT2D eigenvalue weighted by Gasteiger charge is 2.37. The summed E-state index contributed by atoms with van der Waals surface area (Å²) in [4.78, 5) is 24.9. The minimum absolute atomic E-state index is 0.0848. The van der Waals surface area contributed by atoms with E-state index in [1.807, 2.05) is 6.92 Å². The fourth-order valence-corrected chi connectivity index (χ4v) is 3.16. The Labute approximate surface area is 137 Å². The van der Waals surface area contributed by atoms with Gasteiger partial charge in [-0.05, 0) is 36.1 Å². The summed E-state index contributed by atoms with van der Waals surface area (Å²) in [5.74, 6) is -0.777. The first-order chi connectivity index (χ1) is 11.1. The van der Waals surface area contributed by atoms with Gasteiger partial charge in [0.15, 0.2) is 5.76 Å². The Morgan fingerprint density at radius 2 is 2.04 bits per heavy atom. The highest BCUT2D eigenvalue weighted by atomic mass is 32.1. The van der Waals surface area contributed by atoms with Crippen LogP contribution in [0.5, 0.6) is 5.75 Å². The van der Waals surface area contributed by atoms with Gasteiger partial charge in [-0.25, -0.2) is 0 Å². The normalized spacial score (nSPS) is 17.3. The first-order valence-corrected chi connectivity index (χ1v) is 8.04. The average molecular weight is 329 g/mol. The summed E-state index contributed by atoms with van der Waals surface area (Å²) in [5.41, 5.74) is 0.798. The quantitative estimate of drug-likeness (QED) is 0.827. The van der Waals surface area contributed by atoms with Gasteiger partial charge >= 0.3 is 0 Å². The van der Waals surface area contributed by atoms with Crippen LogP contribution in [0.15, 0.2) is 53.1 Å². The zero-order valence-electron chi connectivity index (χ0n) is 12.4. The number of amides is 1. The number of ether oxygens (including phenoxy) is 1. The van der Waals surface area contributed by atoms with Gasteiger partial charge in [0.05, 0.1) is 23.1 Å². The van der Waals surface area contributed by atoms with Gasteiger partial charge in [-0.15, -0.1) is 11.3 Å². The second-order valence-corrected chi connectivity index (χ2v) is 5.92. The molecule has 2 N–H and O–H groups in total. The molecule has 0 saturated heterocycles. The Morgan fingerprint density at radius 1 is 1.30 bits per heavy atom. The van der Waals surface area contributed by atoms with Crippen molar-refractivity contribution in [3.05, 3.63) is 63.6 Å². The van der Waals surface area contributed by atoms with Gasteiger partial charge in [0.1, 0.15) is 5.75 Å². The van der Waals surface area contributed by atoms with Crippen molar-refractivity contribution in [2.45, 2.75) is 13.0 Å². The summed E-state index contributed by atoms with van der Waals surface area (Å²) in [7, 11) is 0. The smallest absolute Gasteiger partial charge is 0.287 e. The van der Waals surface area contributed by atoms with Crippen LogP contribution in [0.25, 0.3) is 0 Å². The lowest BCUT2D eigenvalue weighted by Crippen LogP contribution is -2.23. The Morgan fingerprint density at radius 3 is 2.65 bits per heavy atom. The number of aliphatic hydroxyl groups is 1. The van der Waals surface area contributed by atoms with E-state index in [2.05, 4.69) is 5.32 Å². The largest absolute Gasteiger partial charge is 0.503 e. The number of hydrogen-bond donors (Lipinski definition) is 2. The van der Waals surface area contributed by atoms with Gasteiger partial charge in [0.2, 0.25) is 5.78 Å². The topological polar surface area (TPSA) is 75.6 Å². The second kappa shape index (κ2) is 6.26. The highest BCUT2D eigenvalue weighted by Crippen LogP contribution is 2.33. The Balaban J connectivity index is 1.95. The maximum absolute atomic E-state index is 12.6. The third-order valence-corrected chi connectivity index (χ3v) is 4.42. The second-order valence-electron chi connectivity index (χ2n) is 4.98. The minimum atomic E-state index is -0.659. The van der Waals surface area contributed by atoms with Gasteiger partial charge in [-0.3, -0.25) is 9.59 Å². The molecule has 0 fully saturated rings. The maximum Gasteiger partial charge on any atom is 0.287 e. The number of carbonyl (C=O) groups excluding carboxylic acids is 2. The molecule has 1 aliphatic heterocycles. The number of thiophene rings is 1. The first-order valence-electron chi connectivity index (χ1n) is 7.16. The lowest BCUT2D eigenvalue weighted by molar-refractivity contribution is -0.119. The van der Waals surface area contributed by atoms with Crippen molar-refractivity contribution >= 4 is 23.0 Å². The fraction of sp³-hybridized carbons (Fsp3) is 0.176. The van der Waals surface area contributed by atoms with Crippen molar-refractivity contribution in [1.29, 1.82) is 0 Å². The predicted molar refractivity (Wildman–Crippen MR) is 86.8 cm³/mol. The molecule has 1 amide bonds. The molecular formula is C17H15NO4S. The van der Waals surface area contributed by atoms with Crippen LogP contribution >= 0.6 is 11.3 Å². The number of carbonyl (C=O) groups is 2. The van der Waals surface area contributed by atoms with Crippen LogP contribution < -0.4 is 10.1 Å². The van der Waals surface area contributed by atoms with Gasteiger partial charge in [-0.1, -0.05) is 18.2 Å². The number of benzene rings is 1. The molecule has 1 aliphatic rings. The molecule has 0 radical (unpaired) electrons. The van der Waals surface area contributed by atoms with Gasteiger partial charge in [0.25, 0.3) is 5.91 Å². The van der Waals surface area contributed by atoms with Crippen LogP contribution in [-0.4, -0.2) is 23.4 Å². The maximum atomic E-state index is 12.6. The molecule has 1 aromatic heterocycles. The zero-order valence-corrected chi connectivity index (χ0v) is 13.2. The summed E-state index contributed by atoms with van der Waals surface area (Å²) >= 11 is 1.27. The van der Waals surface area contributed by atoms with E-state index in [1.165, 1.54) is 11.3 Å². The van der Waals surface area contributed by atoms with Crippen LogP contribution in [0.1, 0.15) is 28.2 Å². The highest BCUT2D eigenvalue weighted by molar-refractivity contribution is 7.12. The van der Waals surface area contributed by atoms with E-state index >= 15 is 0 Å². The molecule has 6 heteroatoms.